The summed E-state index contributed by atoms with van der Waals surface area (Å²) in [6, 6.07) is 7.83. The standard InChI is InChI=1S/C25H25ClF2N4O5.C23H25BrFN5O5.C23H23F3N4O5S/c1-3-37-25(35)20-18(11-32-6-7-36-12-19(32)24(33)34)30-23(22-17(28)8-13(2)10-29-22)31-21(20)15-5-4-14(27)9-16(15)26;1-3-35-23(33)18-16(11-30-8-9-34-12-17(30)22(31)32)27-20(21-26-6-7-29(21)2)28-19(18)14-5-4-13(25)10-15(14)24;1-2-35-22(33)17-15(11-30-8-9-34-12-16(30)21(31)32)28-19(20-27-7-10-36-20)29-18(17)13-5-3-4-6-14(13)23(24,25)26/h4-5,8-10,19,21H,3,6-7,11-12H2,1-2H3,(H,30,31)(H,33,34);4-7,10,17,19H,3,8-9,11-12H2,1-2H3,(H,27,28)(H,31,32);3-7,10,16,18H,2,8-9,11-12H2,1H3,(H,28,29)(H,31,32). The Kier molecular flexibility index (Phi) is 27.2. The van der Waals surface area contributed by atoms with Crippen LogP contribution in [0, 0.1) is 24.4 Å². The Balaban J connectivity index is 0.000000173. The molecule has 0 bridgehead atoms. The topological polar surface area (TPSA) is 345 Å². The van der Waals surface area contributed by atoms with E-state index >= 15 is 0 Å². The second kappa shape index (κ2) is 36.4. The Morgan fingerprint density at radius 1 is 0.611 bits per heavy atom. The van der Waals surface area contributed by atoms with Crippen LogP contribution >= 0.6 is 38.9 Å². The van der Waals surface area contributed by atoms with Crippen molar-refractivity contribution in [2.45, 2.75) is 70.1 Å². The molecule has 0 spiro atoms. The number of esters is 3. The van der Waals surface area contributed by atoms with Crippen molar-refractivity contribution in [1.29, 1.82) is 0 Å². The lowest BCUT2D eigenvalue weighted by atomic mass is 9.91. The summed E-state index contributed by atoms with van der Waals surface area (Å²) in [5.41, 5.74) is 1.18. The molecule has 3 saturated heterocycles. The number of morpholine rings is 3. The number of carbonyl (C=O) groups is 6. The number of aliphatic carboxylic acids is 3. The highest BCUT2D eigenvalue weighted by Crippen LogP contribution is 2.43. The highest BCUT2D eigenvalue weighted by molar-refractivity contribution is 9.10. The van der Waals surface area contributed by atoms with Gasteiger partial charge in [0.1, 0.15) is 53.6 Å². The van der Waals surface area contributed by atoms with Gasteiger partial charge in [-0.3, -0.25) is 44.1 Å². The first-order valence-corrected chi connectivity index (χ1v) is 35.7. The third-order valence-electron chi connectivity index (χ3n) is 17.5. The third-order valence-corrected chi connectivity index (χ3v) is 19.3. The number of rotatable bonds is 21. The van der Waals surface area contributed by atoms with Crippen molar-refractivity contribution in [1.82, 2.24) is 50.2 Å². The molecule has 12 rings (SSSR count). The number of aryl methyl sites for hydroxylation is 2. The highest BCUT2D eigenvalue weighted by atomic mass is 79.9. The minimum Gasteiger partial charge on any atom is -0.480 e. The van der Waals surface area contributed by atoms with E-state index < -0.39 is 101 Å². The van der Waals surface area contributed by atoms with Crippen molar-refractivity contribution >= 4 is 92.2 Å². The van der Waals surface area contributed by atoms with Gasteiger partial charge in [0.15, 0.2) is 34.2 Å². The van der Waals surface area contributed by atoms with E-state index in [-0.39, 0.29) is 147 Å². The maximum absolute atomic E-state index is 15.0. The zero-order valence-corrected chi connectivity index (χ0v) is 61.6. The number of halogens is 8. The molecule has 574 valence electrons. The molecule has 6 aliphatic rings. The molecule has 28 nitrogen and oxygen atoms in total. The molecule has 0 saturated carbocycles. The van der Waals surface area contributed by atoms with E-state index in [9.17, 15) is 70.4 Å². The van der Waals surface area contributed by atoms with Crippen molar-refractivity contribution in [2.75, 3.05) is 98.7 Å². The van der Waals surface area contributed by atoms with Gasteiger partial charge in [-0.15, -0.1) is 11.3 Å². The fourth-order valence-corrected chi connectivity index (χ4v) is 13.8. The number of carboxylic acids is 3. The van der Waals surface area contributed by atoms with E-state index in [1.165, 1.54) is 72.3 Å². The zero-order chi connectivity index (χ0) is 77.7. The summed E-state index contributed by atoms with van der Waals surface area (Å²) < 4.78 is 119. The van der Waals surface area contributed by atoms with Gasteiger partial charge in [-0.05, 0) is 80.8 Å². The van der Waals surface area contributed by atoms with E-state index in [1.807, 2.05) is 7.05 Å². The number of benzene rings is 3. The first-order valence-electron chi connectivity index (χ1n) is 33.6. The lowest BCUT2D eigenvalue weighted by Crippen LogP contribution is -2.52. The van der Waals surface area contributed by atoms with Gasteiger partial charge >= 0.3 is 42.0 Å². The van der Waals surface area contributed by atoms with Crippen LogP contribution in [0.4, 0.5) is 26.3 Å². The Labute approximate surface area is 630 Å². The number of aromatic nitrogens is 4. The molecule has 0 radical (unpaired) electrons. The maximum atomic E-state index is 15.0. The van der Waals surface area contributed by atoms with Crippen LogP contribution < -0.4 is 16.0 Å². The van der Waals surface area contributed by atoms with E-state index in [1.54, 1.807) is 70.8 Å². The fourth-order valence-electron chi connectivity index (χ4n) is 12.4. The van der Waals surface area contributed by atoms with Gasteiger partial charge in [0.2, 0.25) is 0 Å². The quantitative estimate of drug-likeness (QED) is 0.0226. The molecular formula is C71H73BrClF6N13O15S. The van der Waals surface area contributed by atoms with Gasteiger partial charge in [0, 0.05) is 109 Å². The van der Waals surface area contributed by atoms with Gasteiger partial charge in [-0.25, -0.2) is 42.5 Å². The molecule has 3 aromatic heterocycles. The fraction of sp³-hybridized carbons (Fsp3) is 0.380. The molecule has 6 atom stereocenters. The number of hydrogen-bond acceptors (Lipinski definition) is 25. The first kappa shape index (κ1) is 80.7. The normalized spacial score (nSPS) is 20.7. The predicted molar refractivity (Wildman–Crippen MR) is 381 cm³/mol. The van der Waals surface area contributed by atoms with Crippen LogP contribution in [0.25, 0.3) is 0 Å². The summed E-state index contributed by atoms with van der Waals surface area (Å²) in [6.07, 6.45) is 1.67. The van der Waals surface area contributed by atoms with Crippen molar-refractivity contribution in [3.63, 3.8) is 0 Å². The first-order chi connectivity index (χ1) is 51.7. The molecule has 6 unspecified atom stereocenters. The van der Waals surface area contributed by atoms with E-state index in [0.29, 0.717) is 51.1 Å². The molecule has 6 aromatic rings. The average molecular weight is 1610 g/mol. The molecule has 9 heterocycles. The molecule has 3 fully saturated rings. The number of nitrogens with zero attached hydrogens (tertiary/aromatic N) is 10. The van der Waals surface area contributed by atoms with E-state index in [2.05, 4.69) is 56.8 Å². The number of carboxylic acid groups (broad SMARTS) is 3. The van der Waals surface area contributed by atoms with Gasteiger partial charge in [-0.1, -0.05) is 57.9 Å². The van der Waals surface area contributed by atoms with Crippen LogP contribution in [0.5, 0.6) is 0 Å². The second-order valence-corrected chi connectivity index (χ2v) is 26.7. The number of thiazole rings is 1. The average Bonchev–Trinajstić information content (AvgIpc) is 0.963. The maximum Gasteiger partial charge on any atom is 0.416 e. The molecule has 6 aliphatic heterocycles. The van der Waals surface area contributed by atoms with E-state index in [0.717, 1.165) is 12.1 Å². The number of amidine groups is 3. The zero-order valence-electron chi connectivity index (χ0n) is 58.5. The molecule has 3 aromatic carbocycles. The Bertz CT molecular complexity index is 4560. The monoisotopic (exact) mass is 1610 g/mol. The highest BCUT2D eigenvalue weighted by Gasteiger charge is 2.44. The largest absolute Gasteiger partial charge is 0.480 e. The Morgan fingerprint density at radius 3 is 1.53 bits per heavy atom. The molecule has 0 amide bonds. The molecule has 0 aliphatic carbocycles. The number of ether oxygens (including phenoxy) is 6. The summed E-state index contributed by atoms with van der Waals surface area (Å²) in [5.74, 6) is -5.98. The summed E-state index contributed by atoms with van der Waals surface area (Å²) in [6.45, 7) is 8.47. The van der Waals surface area contributed by atoms with Crippen LogP contribution in [-0.2, 0) is 70.4 Å². The SMILES string of the molecule is CCOC(=O)C1=C(CN2CCOCC2C(=O)O)NC(c2ncc(C)cc2F)=NC1c1ccc(F)cc1Cl.CCOC(=O)C1=C(CN2CCOCC2C(=O)O)NC(c2nccn2C)=NC1c1ccc(F)cc1Br.CCOC(=O)C1=C(CN2CCOCC2C(=O)O)NC(c2nccs2)=NC1c1ccccc1C(F)(F)F. The van der Waals surface area contributed by atoms with Gasteiger partial charge in [0.05, 0.1) is 81.7 Å². The number of hydrogen-bond donors (Lipinski definition) is 6. The van der Waals surface area contributed by atoms with Crippen LogP contribution in [0.1, 0.15) is 83.2 Å². The predicted octanol–water partition coefficient (Wildman–Crippen LogP) is 7.89. The number of alkyl halides is 3. The van der Waals surface area contributed by atoms with Crippen molar-refractivity contribution in [3.8, 4) is 0 Å². The number of imidazole rings is 1. The van der Waals surface area contributed by atoms with Crippen LogP contribution in [0.3, 0.4) is 0 Å². The number of aliphatic imine (C=N–C) groups is 3. The van der Waals surface area contributed by atoms with E-state index in [4.69, 9.17) is 45.0 Å². The number of nitrogens with one attached hydrogen (secondary N) is 3. The number of carbonyl (C=O) groups excluding carboxylic acids is 3. The summed E-state index contributed by atoms with van der Waals surface area (Å²) in [7, 11) is 1.81. The minimum absolute atomic E-state index is 0.00303. The van der Waals surface area contributed by atoms with Crippen LogP contribution in [0.15, 0.2) is 150 Å². The second-order valence-electron chi connectivity index (χ2n) is 24.5. The molecular weight excluding hydrogens is 1540 g/mol. The molecule has 6 N–H and O–H groups in total. The van der Waals surface area contributed by atoms with Gasteiger partial charge in [-0.2, -0.15) is 13.2 Å². The van der Waals surface area contributed by atoms with Crippen molar-refractivity contribution < 1.29 is 98.9 Å². The smallest absolute Gasteiger partial charge is 0.416 e. The summed E-state index contributed by atoms with van der Waals surface area (Å²) in [4.78, 5) is 107. The third kappa shape index (κ3) is 19.2. The lowest BCUT2D eigenvalue weighted by molar-refractivity contribution is -0.150. The van der Waals surface area contributed by atoms with Crippen LogP contribution in [-0.4, -0.2) is 220 Å². The summed E-state index contributed by atoms with van der Waals surface area (Å²) >= 11 is 11.0. The van der Waals surface area contributed by atoms with Crippen LogP contribution in [0.2, 0.25) is 5.02 Å². The number of pyridine rings is 1. The summed E-state index contributed by atoms with van der Waals surface area (Å²) in [5, 5.41) is 40.4. The van der Waals surface area contributed by atoms with Gasteiger partial charge < -0.3 is 64.3 Å². The van der Waals surface area contributed by atoms with Crippen molar-refractivity contribution in [3.05, 3.63) is 202 Å². The van der Waals surface area contributed by atoms with Gasteiger partial charge in [0.25, 0.3) is 0 Å². The minimum atomic E-state index is -4.70. The lowest BCUT2D eigenvalue weighted by Gasteiger charge is -2.36. The Hall–Kier alpha value is -9.79. The molecule has 108 heavy (non-hydrogen) atoms. The molecule has 37 heteroatoms. The Morgan fingerprint density at radius 2 is 1.07 bits per heavy atom. The van der Waals surface area contributed by atoms with Crippen molar-refractivity contribution in [2.24, 2.45) is 22.0 Å².